The van der Waals surface area contributed by atoms with E-state index in [0.717, 1.165) is 17.4 Å². The molecule has 2 aromatic carbocycles. The summed E-state index contributed by atoms with van der Waals surface area (Å²) in [7, 11) is 0. The van der Waals surface area contributed by atoms with Crippen molar-refractivity contribution < 1.29 is 39.5 Å². The van der Waals surface area contributed by atoms with Crippen LogP contribution < -0.4 is 0 Å². The van der Waals surface area contributed by atoms with Crippen molar-refractivity contribution in [2.24, 2.45) is 0 Å². The van der Waals surface area contributed by atoms with Gasteiger partial charge in [-0.05, 0) is 55.0 Å². The molecule has 0 aliphatic heterocycles. The third-order valence-electron chi connectivity index (χ3n) is 5.52. The van der Waals surface area contributed by atoms with Crippen LogP contribution in [0.4, 0.5) is 45.2 Å². The molecule has 188 valence electrons. The molecule has 0 atom stereocenters. The van der Waals surface area contributed by atoms with Crippen LogP contribution in [0.5, 0.6) is 0 Å². The Morgan fingerprint density at radius 3 is 1.94 bits per heavy atom. The Bertz CT molecular complexity index is 1460. The van der Waals surface area contributed by atoms with E-state index in [4.69, 9.17) is 6.57 Å². The molecule has 0 amide bonds. The summed E-state index contributed by atoms with van der Waals surface area (Å²) in [6.07, 6.45) is -14.7. The van der Waals surface area contributed by atoms with E-state index >= 15 is 0 Å². The van der Waals surface area contributed by atoms with Crippen molar-refractivity contribution in [3.8, 4) is 10.4 Å². The van der Waals surface area contributed by atoms with E-state index < -0.39 is 40.9 Å². The summed E-state index contributed by atoms with van der Waals surface area (Å²) in [6, 6.07) is 7.90. The number of aryl methyl sites for hydroxylation is 1. The predicted molar refractivity (Wildman–Crippen MR) is 117 cm³/mol. The van der Waals surface area contributed by atoms with Gasteiger partial charge in [-0.25, -0.2) is 4.85 Å². The number of hydrogen-bond acceptors (Lipinski definition) is 1. The van der Waals surface area contributed by atoms with Crippen LogP contribution in [0.1, 0.15) is 27.3 Å². The van der Waals surface area contributed by atoms with Gasteiger partial charge in [0.1, 0.15) is 0 Å². The first-order chi connectivity index (χ1) is 16.6. The van der Waals surface area contributed by atoms with Gasteiger partial charge in [0.15, 0.2) is 5.69 Å². The molecule has 12 heteroatoms. The summed E-state index contributed by atoms with van der Waals surface area (Å²) in [4.78, 5) is 3.60. The second-order valence-electron chi connectivity index (χ2n) is 7.93. The lowest BCUT2D eigenvalue weighted by Gasteiger charge is -2.13. The zero-order valence-electron chi connectivity index (χ0n) is 18.0. The summed E-state index contributed by atoms with van der Waals surface area (Å²) in [5.41, 5.74) is -4.13. The third-order valence-corrected chi connectivity index (χ3v) is 6.64. The van der Waals surface area contributed by atoms with Gasteiger partial charge in [0.2, 0.25) is 0 Å². The molecule has 4 aromatic rings. The maximum absolute atomic E-state index is 13.6. The molecule has 2 heterocycles. The Balaban J connectivity index is 1.77. The van der Waals surface area contributed by atoms with Crippen molar-refractivity contribution in [2.45, 2.75) is 32.0 Å². The van der Waals surface area contributed by atoms with Crippen LogP contribution >= 0.6 is 11.3 Å². The summed E-state index contributed by atoms with van der Waals surface area (Å²) < 4.78 is 122. The number of rotatable bonds is 3. The number of benzene rings is 2. The monoisotopic (exact) mass is 532 g/mol. The fourth-order valence-corrected chi connectivity index (χ4v) is 4.91. The number of thiophene rings is 1. The molecule has 0 unspecified atom stereocenters. The molecule has 0 radical (unpaired) electrons. The van der Waals surface area contributed by atoms with Crippen LogP contribution in [0.3, 0.4) is 0 Å². The first-order valence-corrected chi connectivity index (χ1v) is 10.9. The van der Waals surface area contributed by atoms with Gasteiger partial charge in [0.25, 0.3) is 0 Å². The lowest BCUT2D eigenvalue weighted by atomic mass is 10.0. The molecule has 36 heavy (non-hydrogen) atoms. The summed E-state index contributed by atoms with van der Waals surface area (Å²) in [5.74, 6) is 0. The van der Waals surface area contributed by atoms with E-state index in [2.05, 4.69) is 4.85 Å². The van der Waals surface area contributed by atoms with Crippen molar-refractivity contribution in [1.82, 2.24) is 4.57 Å². The molecule has 0 spiro atoms. The SMILES string of the molecule is [C-]#[N+]c1ccc2c(cc(C)n2Cc2ccc(-c3cc(C(F)(F)F)cc(C(F)(F)F)c3)s2)c1C(F)(F)F. The number of nitrogens with zero attached hydrogens (tertiary/aromatic N) is 2. The molecule has 2 aromatic heterocycles. The van der Waals surface area contributed by atoms with Crippen LogP contribution in [0.2, 0.25) is 0 Å². The van der Waals surface area contributed by atoms with E-state index in [0.29, 0.717) is 22.7 Å². The van der Waals surface area contributed by atoms with E-state index in [1.807, 2.05) is 0 Å². The van der Waals surface area contributed by atoms with Crippen molar-refractivity contribution in [2.75, 3.05) is 0 Å². The maximum Gasteiger partial charge on any atom is 0.416 e. The highest BCUT2D eigenvalue weighted by Crippen LogP contribution is 2.43. The van der Waals surface area contributed by atoms with Crippen LogP contribution in [0.15, 0.2) is 48.5 Å². The van der Waals surface area contributed by atoms with Gasteiger partial charge in [-0.1, -0.05) is 6.07 Å². The van der Waals surface area contributed by atoms with Gasteiger partial charge < -0.3 is 4.57 Å². The average molecular weight is 532 g/mol. The molecule has 4 rings (SSSR count). The highest BCUT2D eigenvalue weighted by Gasteiger charge is 2.38. The van der Waals surface area contributed by atoms with Crippen molar-refractivity contribution in [3.05, 3.63) is 87.2 Å². The average Bonchev–Trinajstić information content (AvgIpc) is 3.35. The Morgan fingerprint density at radius 1 is 0.806 bits per heavy atom. The minimum absolute atomic E-state index is 0.0275. The molecule has 2 nitrogen and oxygen atoms in total. The van der Waals surface area contributed by atoms with E-state index in [1.165, 1.54) is 24.3 Å². The second-order valence-corrected chi connectivity index (χ2v) is 9.10. The predicted octanol–water partition coefficient (Wildman–Crippen LogP) is 9.33. The van der Waals surface area contributed by atoms with Crippen LogP contribution in [-0.2, 0) is 25.1 Å². The first kappa shape index (κ1) is 25.6. The highest BCUT2D eigenvalue weighted by molar-refractivity contribution is 7.15. The lowest BCUT2D eigenvalue weighted by molar-refractivity contribution is -0.143. The molecule has 0 saturated heterocycles. The summed E-state index contributed by atoms with van der Waals surface area (Å²) in [6.45, 7) is 8.64. The van der Waals surface area contributed by atoms with Gasteiger partial charge in [0, 0.05) is 26.4 Å². The van der Waals surface area contributed by atoms with Crippen molar-refractivity contribution >= 4 is 27.9 Å². The van der Waals surface area contributed by atoms with Gasteiger partial charge in [-0.2, -0.15) is 39.5 Å². The minimum Gasteiger partial charge on any atom is -0.340 e. The maximum atomic E-state index is 13.6. The normalized spacial score (nSPS) is 12.8. The molecule has 0 bridgehead atoms. The molecule has 0 fully saturated rings. The zero-order chi connectivity index (χ0) is 26.6. The number of hydrogen-bond donors (Lipinski definition) is 0. The van der Waals surface area contributed by atoms with Crippen LogP contribution in [0.25, 0.3) is 26.2 Å². The quantitative estimate of drug-likeness (QED) is 0.184. The number of aromatic nitrogens is 1. The highest BCUT2D eigenvalue weighted by atomic mass is 32.1. The molecule has 0 aliphatic rings. The smallest absolute Gasteiger partial charge is 0.340 e. The zero-order valence-corrected chi connectivity index (χ0v) is 18.8. The Hall–Kier alpha value is -3.46. The number of fused-ring (bicyclic) bond motifs is 1. The summed E-state index contributed by atoms with van der Waals surface area (Å²) >= 11 is 0.931. The molecule has 0 aliphatic carbocycles. The third kappa shape index (κ3) is 4.80. The first-order valence-electron chi connectivity index (χ1n) is 10.1. The van der Waals surface area contributed by atoms with E-state index in [9.17, 15) is 39.5 Å². The van der Waals surface area contributed by atoms with Gasteiger partial charge >= 0.3 is 18.5 Å². The topological polar surface area (TPSA) is 9.29 Å². The minimum atomic E-state index is -4.99. The fraction of sp³-hybridized carbons (Fsp3) is 0.208. The van der Waals surface area contributed by atoms with Crippen molar-refractivity contribution in [1.29, 1.82) is 0 Å². The van der Waals surface area contributed by atoms with Gasteiger partial charge in [0.05, 0.1) is 29.8 Å². The van der Waals surface area contributed by atoms with Crippen LogP contribution in [0, 0.1) is 13.5 Å². The van der Waals surface area contributed by atoms with Gasteiger partial charge in [-0.15, -0.1) is 11.3 Å². The summed E-state index contributed by atoms with van der Waals surface area (Å²) in [5, 5.41) is -0.169. The number of alkyl halides is 9. The Labute approximate surface area is 202 Å². The lowest BCUT2D eigenvalue weighted by Crippen LogP contribution is -2.10. The fourth-order valence-electron chi connectivity index (χ4n) is 3.93. The molecular formula is C24H13F9N2S. The molecule has 0 saturated carbocycles. The van der Waals surface area contributed by atoms with Crippen molar-refractivity contribution in [3.63, 3.8) is 0 Å². The van der Waals surface area contributed by atoms with E-state index in [1.54, 1.807) is 11.5 Å². The van der Waals surface area contributed by atoms with Crippen LogP contribution in [-0.4, -0.2) is 4.57 Å². The Morgan fingerprint density at radius 2 is 1.42 bits per heavy atom. The van der Waals surface area contributed by atoms with Gasteiger partial charge in [-0.3, -0.25) is 0 Å². The standard InChI is InChI=1S/C24H13F9N2S/c1-12-7-17-19(5-4-18(34-2)21(17)24(31,32)33)35(12)11-16-3-6-20(36-16)13-8-14(22(25,26)27)10-15(9-13)23(28,29)30/h3-10H,11H2,1H3. The van der Waals surface area contributed by atoms with E-state index in [-0.39, 0.29) is 34.0 Å². The largest absolute Gasteiger partial charge is 0.416 e. The Kier molecular flexibility index (Phi) is 6.11. The molecule has 0 N–H and O–H groups in total. The second kappa shape index (κ2) is 8.58. The number of halogens is 9. The molecular weight excluding hydrogens is 519 g/mol.